The maximum absolute atomic E-state index is 4.39. The van der Waals surface area contributed by atoms with Crippen molar-refractivity contribution in [3.8, 4) is 0 Å². The van der Waals surface area contributed by atoms with Crippen LogP contribution in [0, 0.1) is 0 Å². The van der Waals surface area contributed by atoms with Gasteiger partial charge in [-0.2, -0.15) is 0 Å². The van der Waals surface area contributed by atoms with Crippen molar-refractivity contribution in [2.75, 3.05) is 33.2 Å². The molecule has 6 nitrogen and oxygen atoms in total. The highest BCUT2D eigenvalue weighted by Crippen LogP contribution is 2.29. The third kappa shape index (κ3) is 3.61. The fourth-order valence-corrected chi connectivity index (χ4v) is 2.86. The van der Waals surface area contributed by atoms with Crippen molar-refractivity contribution in [2.45, 2.75) is 58.5 Å². The Hall–Kier alpha value is -1.01. The summed E-state index contributed by atoms with van der Waals surface area (Å²) in [5.41, 5.74) is -0.0304. The molecule has 1 aliphatic heterocycles. The van der Waals surface area contributed by atoms with Gasteiger partial charge >= 0.3 is 0 Å². The van der Waals surface area contributed by atoms with Crippen molar-refractivity contribution in [3.63, 3.8) is 0 Å². The molecule has 1 aromatic heterocycles. The van der Waals surface area contributed by atoms with Gasteiger partial charge in [0, 0.05) is 26.2 Å². The zero-order valence-electron chi connectivity index (χ0n) is 14.2. The third-order valence-electron chi connectivity index (χ3n) is 4.77. The predicted octanol–water partition coefficient (Wildman–Crippen LogP) is 1.91. The molecule has 120 valence electrons. The molecule has 0 saturated carbocycles. The van der Waals surface area contributed by atoms with E-state index >= 15 is 0 Å². The largest absolute Gasteiger partial charge is 0.304 e. The van der Waals surface area contributed by atoms with Gasteiger partial charge in [0.05, 0.1) is 11.6 Å². The minimum absolute atomic E-state index is 0.0304. The van der Waals surface area contributed by atoms with Crippen LogP contribution in [0.5, 0.6) is 0 Å². The van der Waals surface area contributed by atoms with Crippen molar-refractivity contribution in [1.82, 2.24) is 30.0 Å². The van der Waals surface area contributed by atoms with Gasteiger partial charge in [-0.1, -0.05) is 20.3 Å². The molecule has 0 radical (unpaired) electrons. The van der Waals surface area contributed by atoms with Crippen molar-refractivity contribution in [1.29, 1.82) is 0 Å². The summed E-state index contributed by atoms with van der Waals surface area (Å²) in [5, 5.41) is 12.7. The van der Waals surface area contributed by atoms with Gasteiger partial charge in [-0.3, -0.25) is 4.90 Å². The second-order valence-corrected chi connectivity index (χ2v) is 6.76. The predicted molar refractivity (Wildman–Crippen MR) is 84.1 cm³/mol. The summed E-state index contributed by atoms with van der Waals surface area (Å²) in [5.74, 6) is 1.04. The minimum atomic E-state index is -0.0304. The topological polar surface area (TPSA) is 50.1 Å². The van der Waals surface area contributed by atoms with E-state index in [2.05, 4.69) is 60.1 Å². The summed E-state index contributed by atoms with van der Waals surface area (Å²) in [7, 11) is 2.19. The highest BCUT2D eigenvalue weighted by atomic mass is 15.6. The van der Waals surface area contributed by atoms with Crippen LogP contribution in [0.4, 0.5) is 0 Å². The van der Waals surface area contributed by atoms with Gasteiger partial charge in [0.15, 0.2) is 5.82 Å². The van der Waals surface area contributed by atoms with Crippen molar-refractivity contribution in [2.24, 2.45) is 0 Å². The van der Waals surface area contributed by atoms with Crippen LogP contribution in [-0.4, -0.2) is 63.2 Å². The lowest BCUT2D eigenvalue weighted by Crippen LogP contribution is -2.47. The number of nitrogens with zero attached hydrogens (tertiary/aromatic N) is 6. The number of rotatable bonds is 6. The van der Waals surface area contributed by atoms with Crippen LogP contribution in [0.15, 0.2) is 0 Å². The molecule has 0 aromatic carbocycles. The van der Waals surface area contributed by atoms with E-state index < -0.39 is 0 Å². The standard InChI is InChI=1S/C15H30N6/c1-6-8-13(20-11-9-19(5)10-12-20)14-16-17-18-21(14)15(3,4)7-2/h13H,6-12H2,1-5H3/t13-/m0/s1. The molecule has 1 aromatic rings. The van der Waals surface area contributed by atoms with Crippen molar-refractivity contribution >= 4 is 0 Å². The summed E-state index contributed by atoms with van der Waals surface area (Å²) >= 11 is 0. The first-order valence-corrected chi connectivity index (χ1v) is 8.21. The number of hydrogen-bond donors (Lipinski definition) is 0. The Balaban J connectivity index is 2.25. The first-order chi connectivity index (χ1) is 9.99. The zero-order chi connectivity index (χ0) is 15.5. The molecule has 2 heterocycles. The van der Waals surface area contributed by atoms with Crippen LogP contribution in [0.25, 0.3) is 0 Å². The summed E-state index contributed by atoms with van der Waals surface area (Å²) < 4.78 is 2.05. The minimum Gasteiger partial charge on any atom is -0.304 e. The molecular formula is C15H30N6. The second kappa shape index (κ2) is 6.83. The summed E-state index contributed by atoms with van der Waals surface area (Å²) in [6.45, 7) is 13.3. The zero-order valence-corrected chi connectivity index (χ0v) is 14.2. The van der Waals surface area contributed by atoms with E-state index in [1.807, 2.05) is 4.68 Å². The van der Waals surface area contributed by atoms with Gasteiger partial charge in [-0.25, -0.2) is 4.68 Å². The molecule has 2 rings (SSSR count). The first kappa shape index (κ1) is 16.4. The smallest absolute Gasteiger partial charge is 0.168 e. The average Bonchev–Trinajstić information content (AvgIpc) is 2.96. The molecule has 21 heavy (non-hydrogen) atoms. The quantitative estimate of drug-likeness (QED) is 0.802. The summed E-state index contributed by atoms with van der Waals surface area (Å²) in [6.07, 6.45) is 3.28. The monoisotopic (exact) mass is 294 g/mol. The molecule has 0 aliphatic carbocycles. The Morgan fingerprint density at radius 3 is 2.38 bits per heavy atom. The van der Waals surface area contributed by atoms with E-state index in [1.165, 1.54) is 0 Å². The van der Waals surface area contributed by atoms with Gasteiger partial charge in [0.1, 0.15) is 0 Å². The van der Waals surface area contributed by atoms with E-state index in [-0.39, 0.29) is 5.54 Å². The van der Waals surface area contributed by atoms with Crippen molar-refractivity contribution < 1.29 is 0 Å². The number of tetrazole rings is 1. The molecule has 0 spiro atoms. The number of aromatic nitrogens is 4. The Kier molecular flexibility index (Phi) is 5.32. The lowest BCUT2D eigenvalue weighted by atomic mass is 10.0. The molecule has 1 atom stereocenters. The van der Waals surface area contributed by atoms with Gasteiger partial charge in [0.2, 0.25) is 0 Å². The molecule has 1 fully saturated rings. The number of piperazine rings is 1. The Labute approximate surface area is 128 Å². The summed E-state index contributed by atoms with van der Waals surface area (Å²) in [6, 6.07) is 0.338. The average molecular weight is 294 g/mol. The maximum atomic E-state index is 4.39. The number of likely N-dealkylation sites (N-methyl/N-ethyl adjacent to an activating group) is 1. The highest BCUT2D eigenvalue weighted by Gasteiger charge is 2.31. The van der Waals surface area contributed by atoms with Gasteiger partial charge in [0.25, 0.3) is 0 Å². The normalized spacial score (nSPS) is 19.9. The highest BCUT2D eigenvalue weighted by molar-refractivity contribution is 4.98. The molecule has 0 unspecified atom stereocenters. The lowest BCUT2D eigenvalue weighted by Gasteiger charge is -2.38. The van der Waals surface area contributed by atoms with E-state index in [0.29, 0.717) is 6.04 Å². The number of hydrogen-bond acceptors (Lipinski definition) is 5. The molecule has 0 bridgehead atoms. The fourth-order valence-electron chi connectivity index (χ4n) is 2.86. The Morgan fingerprint density at radius 2 is 1.81 bits per heavy atom. The second-order valence-electron chi connectivity index (χ2n) is 6.76. The van der Waals surface area contributed by atoms with Gasteiger partial charge in [-0.15, -0.1) is 5.10 Å². The van der Waals surface area contributed by atoms with E-state index in [1.54, 1.807) is 0 Å². The van der Waals surface area contributed by atoms with E-state index in [4.69, 9.17) is 0 Å². The molecular weight excluding hydrogens is 264 g/mol. The molecule has 1 aliphatic rings. The third-order valence-corrected chi connectivity index (χ3v) is 4.77. The van der Waals surface area contributed by atoms with Crippen LogP contribution >= 0.6 is 0 Å². The molecule has 6 heteroatoms. The van der Waals surface area contributed by atoms with Crippen LogP contribution in [0.1, 0.15) is 58.8 Å². The fraction of sp³-hybridized carbons (Fsp3) is 0.933. The lowest BCUT2D eigenvalue weighted by molar-refractivity contribution is 0.0954. The SMILES string of the molecule is CCC[C@@H](c1nnnn1C(C)(C)CC)N1CCN(C)CC1. The molecule has 0 amide bonds. The van der Waals surface area contributed by atoms with E-state index in [9.17, 15) is 0 Å². The molecule has 1 saturated heterocycles. The van der Waals surface area contributed by atoms with Crippen LogP contribution in [-0.2, 0) is 5.54 Å². The maximum Gasteiger partial charge on any atom is 0.168 e. The van der Waals surface area contributed by atoms with Crippen LogP contribution in [0.2, 0.25) is 0 Å². The first-order valence-electron chi connectivity index (χ1n) is 8.21. The Bertz CT molecular complexity index is 433. The van der Waals surface area contributed by atoms with Crippen LogP contribution in [0.3, 0.4) is 0 Å². The van der Waals surface area contributed by atoms with Crippen molar-refractivity contribution in [3.05, 3.63) is 5.82 Å². The van der Waals surface area contributed by atoms with Gasteiger partial charge < -0.3 is 4.90 Å². The summed E-state index contributed by atoms with van der Waals surface area (Å²) in [4.78, 5) is 4.94. The molecule has 0 N–H and O–H groups in total. The van der Waals surface area contributed by atoms with E-state index in [0.717, 1.165) is 51.3 Å². The van der Waals surface area contributed by atoms with Crippen LogP contribution < -0.4 is 0 Å². The van der Waals surface area contributed by atoms with Gasteiger partial charge in [-0.05, 0) is 44.2 Å². The Morgan fingerprint density at radius 1 is 1.14 bits per heavy atom.